The van der Waals surface area contributed by atoms with Gasteiger partial charge >= 0.3 is 0 Å². The molecule has 3 N–H and O–H groups in total. The highest BCUT2D eigenvalue weighted by molar-refractivity contribution is 7.99. The molecule has 3 aromatic rings. The van der Waals surface area contributed by atoms with Crippen LogP contribution in [0.2, 0.25) is 0 Å². The van der Waals surface area contributed by atoms with Gasteiger partial charge in [0.2, 0.25) is 15.9 Å². The van der Waals surface area contributed by atoms with Gasteiger partial charge in [-0.3, -0.25) is 4.79 Å². The number of carbonyl (C=O) groups excluding carboxylic acids is 1. The number of nitrogens with zero attached hydrogens (tertiary/aromatic N) is 2. The molecular weight excluding hydrogens is 422 g/mol. The van der Waals surface area contributed by atoms with Gasteiger partial charge in [0, 0.05) is 18.7 Å². The molecule has 29 heavy (non-hydrogen) atoms. The number of aromatic nitrogens is 2. The van der Waals surface area contributed by atoms with Crippen molar-refractivity contribution in [2.75, 3.05) is 5.75 Å². The number of sulfonamides is 1. The number of benzene rings is 2. The summed E-state index contributed by atoms with van der Waals surface area (Å²) >= 11 is 1.14. The minimum atomic E-state index is -3.84. The van der Waals surface area contributed by atoms with Crippen LogP contribution in [-0.2, 0) is 21.9 Å². The van der Waals surface area contributed by atoms with Crippen LogP contribution in [0, 0.1) is 11.6 Å². The molecule has 0 bridgehead atoms. The normalized spacial score (nSPS) is 12.9. The molecule has 1 amide bonds. The van der Waals surface area contributed by atoms with E-state index in [1.165, 1.54) is 18.2 Å². The molecule has 0 fully saturated rings. The summed E-state index contributed by atoms with van der Waals surface area (Å²) in [5, 5.41) is 8.29. The highest BCUT2D eigenvalue weighted by Crippen LogP contribution is 2.25. The van der Waals surface area contributed by atoms with Gasteiger partial charge in [-0.1, -0.05) is 17.8 Å². The number of fused-ring (bicyclic) bond motifs is 1. The van der Waals surface area contributed by atoms with Crippen LogP contribution in [0.4, 0.5) is 8.78 Å². The van der Waals surface area contributed by atoms with Gasteiger partial charge in [0.25, 0.3) is 0 Å². The zero-order chi connectivity index (χ0) is 21.3. The third-order valence-corrected chi connectivity index (χ3v) is 6.22. The molecule has 1 aromatic heterocycles. The number of nitrogens with one attached hydrogen (secondary N) is 1. The number of aryl methyl sites for hydroxylation is 1. The van der Waals surface area contributed by atoms with Gasteiger partial charge in [-0.2, -0.15) is 0 Å². The Kier molecular flexibility index (Phi) is 5.92. The fraction of sp³-hybridized carbons (Fsp3) is 0.222. The Hall–Kier alpha value is -2.50. The summed E-state index contributed by atoms with van der Waals surface area (Å²) in [5.41, 5.74) is 1.30. The maximum Gasteiger partial charge on any atom is 0.238 e. The molecule has 0 saturated heterocycles. The SMILES string of the molecule is C[C@@H](NC(=O)CSc1nc2cc(S(N)(=O)=O)ccc2n1C)c1ccc(F)cc1F. The number of hydrogen-bond donors (Lipinski definition) is 2. The van der Waals surface area contributed by atoms with E-state index in [-0.39, 0.29) is 22.1 Å². The van der Waals surface area contributed by atoms with Crippen molar-refractivity contribution in [2.24, 2.45) is 12.2 Å². The van der Waals surface area contributed by atoms with Crippen molar-refractivity contribution in [2.45, 2.75) is 23.0 Å². The Morgan fingerprint density at radius 2 is 2.00 bits per heavy atom. The summed E-state index contributed by atoms with van der Waals surface area (Å²) in [5.74, 6) is -1.77. The second kappa shape index (κ2) is 8.09. The first kappa shape index (κ1) is 21.2. The van der Waals surface area contributed by atoms with Crippen molar-refractivity contribution >= 4 is 38.7 Å². The predicted molar refractivity (Wildman–Crippen MR) is 106 cm³/mol. The number of hydrogen-bond acceptors (Lipinski definition) is 5. The van der Waals surface area contributed by atoms with Crippen LogP contribution in [0.15, 0.2) is 46.5 Å². The topological polar surface area (TPSA) is 107 Å². The highest BCUT2D eigenvalue weighted by atomic mass is 32.2. The molecule has 1 atom stereocenters. The number of carbonyl (C=O) groups is 1. The Labute approximate surface area is 170 Å². The van der Waals surface area contributed by atoms with Crippen LogP contribution >= 0.6 is 11.8 Å². The summed E-state index contributed by atoms with van der Waals surface area (Å²) in [6, 6.07) is 6.89. The number of nitrogens with two attached hydrogens (primary N) is 1. The lowest BCUT2D eigenvalue weighted by Gasteiger charge is -2.15. The van der Waals surface area contributed by atoms with Gasteiger partial charge in [-0.25, -0.2) is 27.3 Å². The summed E-state index contributed by atoms with van der Waals surface area (Å²) in [6.07, 6.45) is 0. The monoisotopic (exact) mass is 440 g/mol. The number of thioether (sulfide) groups is 1. The zero-order valence-corrected chi connectivity index (χ0v) is 17.2. The smallest absolute Gasteiger partial charge is 0.238 e. The number of rotatable bonds is 6. The Bertz CT molecular complexity index is 1200. The summed E-state index contributed by atoms with van der Waals surface area (Å²) in [4.78, 5) is 16.5. The summed E-state index contributed by atoms with van der Waals surface area (Å²) in [7, 11) is -2.11. The second-order valence-electron chi connectivity index (χ2n) is 6.39. The van der Waals surface area contributed by atoms with E-state index >= 15 is 0 Å². The molecular formula is C18H18F2N4O3S2. The average Bonchev–Trinajstić information content (AvgIpc) is 2.94. The fourth-order valence-electron chi connectivity index (χ4n) is 2.81. The van der Waals surface area contributed by atoms with Crippen molar-refractivity contribution in [3.8, 4) is 0 Å². The van der Waals surface area contributed by atoms with Crippen LogP contribution in [0.1, 0.15) is 18.5 Å². The molecule has 0 spiro atoms. The molecule has 1 heterocycles. The third kappa shape index (κ3) is 4.74. The minimum absolute atomic E-state index is 0.00631. The van der Waals surface area contributed by atoms with E-state index < -0.39 is 27.7 Å². The van der Waals surface area contributed by atoms with E-state index in [9.17, 15) is 22.0 Å². The fourth-order valence-corrected chi connectivity index (χ4v) is 4.14. The standard InChI is InChI=1S/C18H18F2N4O3S2/c1-10(13-5-3-11(19)7-14(13)20)22-17(25)9-28-18-23-15-8-12(29(21,26)27)4-6-16(15)24(18)2/h3-8,10H,9H2,1-2H3,(H,22,25)(H2,21,26,27)/t10-/m1/s1. The average molecular weight is 440 g/mol. The van der Waals surface area contributed by atoms with Gasteiger partial charge in [0.15, 0.2) is 5.16 Å². The Morgan fingerprint density at radius 3 is 2.66 bits per heavy atom. The van der Waals surface area contributed by atoms with Gasteiger partial charge in [0.1, 0.15) is 11.6 Å². The zero-order valence-electron chi connectivity index (χ0n) is 15.5. The van der Waals surface area contributed by atoms with Crippen LogP contribution in [-0.4, -0.2) is 29.6 Å². The van der Waals surface area contributed by atoms with E-state index in [1.54, 1.807) is 24.6 Å². The van der Waals surface area contributed by atoms with Gasteiger partial charge in [-0.05, 0) is 31.2 Å². The van der Waals surface area contributed by atoms with Gasteiger partial charge in [-0.15, -0.1) is 0 Å². The third-order valence-electron chi connectivity index (χ3n) is 4.28. The lowest BCUT2D eigenvalue weighted by molar-refractivity contribution is -0.119. The van der Waals surface area contributed by atoms with Crippen LogP contribution in [0.5, 0.6) is 0 Å². The van der Waals surface area contributed by atoms with Crippen molar-refractivity contribution < 1.29 is 22.0 Å². The van der Waals surface area contributed by atoms with E-state index in [2.05, 4.69) is 10.3 Å². The van der Waals surface area contributed by atoms with Crippen LogP contribution < -0.4 is 10.5 Å². The molecule has 154 valence electrons. The molecule has 3 rings (SSSR count). The van der Waals surface area contributed by atoms with Crippen molar-refractivity contribution in [3.63, 3.8) is 0 Å². The first-order valence-corrected chi connectivity index (χ1v) is 11.0. The minimum Gasteiger partial charge on any atom is -0.349 e. The van der Waals surface area contributed by atoms with E-state index in [0.29, 0.717) is 16.2 Å². The Balaban J connectivity index is 1.69. The molecule has 2 aromatic carbocycles. The molecule has 0 aliphatic heterocycles. The van der Waals surface area contributed by atoms with Crippen LogP contribution in [0.3, 0.4) is 0 Å². The number of amides is 1. The van der Waals surface area contributed by atoms with E-state index in [0.717, 1.165) is 23.9 Å². The molecule has 0 radical (unpaired) electrons. The maximum absolute atomic E-state index is 13.8. The van der Waals surface area contributed by atoms with Crippen LogP contribution in [0.25, 0.3) is 11.0 Å². The quantitative estimate of drug-likeness (QED) is 0.573. The first-order valence-electron chi connectivity index (χ1n) is 8.42. The molecule has 0 saturated carbocycles. The molecule has 0 unspecified atom stereocenters. The molecule has 0 aliphatic carbocycles. The molecule has 11 heteroatoms. The largest absolute Gasteiger partial charge is 0.349 e. The summed E-state index contributed by atoms with van der Waals surface area (Å²) in [6.45, 7) is 1.60. The maximum atomic E-state index is 13.8. The highest BCUT2D eigenvalue weighted by Gasteiger charge is 2.17. The van der Waals surface area contributed by atoms with Gasteiger partial charge in [0.05, 0.1) is 27.7 Å². The van der Waals surface area contributed by atoms with Gasteiger partial charge < -0.3 is 9.88 Å². The number of imidazole rings is 1. The number of primary sulfonamides is 1. The van der Waals surface area contributed by atoms with Crippen molar-refractivity contribution in [1.29, 1.82) is 0 Å². The molecule has 0 aliphatic rings. The summed E-state index contributed by atoms with van der Waals surface area (Å²) < 4.78 is 51.5. The van der Waals surface area contributed by atoms with E-state index in [1.807, 2.05) is 0 Å². The first-order chi connectivity index (χ1) is 13.6. The van der Waals surface area contributed by atoms with E-state index in [4.69, 9.17) is 5.14 Å². The number of halogens is 2. The Morgan fingerprint density at radius 1 is 1.28 bits per heavy atom. The predicted octanol–water partition coefficient (Wildman–Crippen LogP) is 2.47. The lowest BCUT2D eigenvalue weighted by atomic mass is 10.1. The second-order valence-corrected chi connectivity index (χ2v) is 8.90. The lowest BCUT2D eigenvalue weighted by Crippen LogP contribution is -2.28. The van der Waals surface area contributed by atoms with Crippen molar-refractivity contribution in [1.82, 2.24) is 14.9 Å². The molecule has 7 nitrogen and oxygen atoms in total. The van der Waals surface area contributed by atoms with Crippen molar-refractivity contribution in [3.05, 3.63) is 53.6 Å².